The first-order valence-electron chi connectivity index (χ1n) is 8.01. The number of nitrogens with one attached hydrogen (secondary N) is 2. The molecule has 0 radical (unpaired) electrons. The van der Waals surface area contributed by atoms with Crippen molar-refractivity contribution < 1.29 is 9.59 Å². The van der Waals surface area contributed by atoms with Gasteiger partial charge in [0.25, 0.3) is 0 Å². The number of rotatable bonds is 4. The lowest BCUT2D eigenvalue weighted by Crippen LogP contribution is -2.43. The Labute approximate surface area is 140 Å². The van der Waals surface area contributed by atoms with E-state index in [0.717, 1.165) is 6.42 Å². The van der Waals surface area contributed by atoms with Gasteiger partial charge >= 0.3 is 6.03 Å². The molecule has 0 atom stereocenters. The van der Waals surface area contributed by atoms with Crippen molar-refractivity contribution >= 4 is 17.8 Å². The summed E-state index contributed by atoms with van der Waals surface area (Å²) in [6, 6.07) is 9.76. The van der Waals surface area contributed by atoms with Crippen LogP contribution < -0.4 is 10.6 Å². The summed E-state index contributed by atoms with van der Waals surface area (Å²) in [5.41, 5.74) is 2.49. The Balaban J connectivity index is 1.42. The lowest BCUT2D eigenvalue weighted by Gasteiger charge is -2.28. The Morgan fingerprint density at radius 2 is 2.00 bits per heavy atom. The van der Waals surface area contributed by atoms with Crippen LogP contribution in [0.2, 0.25) is 0 Å². The first-order valence-corrected chi connectivity index (χ1v) is 8.01. The molecule has 2 aromatic rings. The number of aromatic nitrogens is 2. The zero-order valence-corrected chi connectivity index (χ0v) is 13.7. The van der Waals surface area contributed by atoms with Gasteiger partial charge in [0.1, 0.15) is 0 Å². The van der Waals surface area contributed by atoms with Crippen LogP contribution in [0, 0.1) is 0 Å². The number of carbonyl (C=O) groups is 2. The van der Waals surface area contributed by atoms with Crippen LogP contribution in [0.15, 0.2) is 36.5 Å². The van der Waals surface area contributed by atoms with Gasteiger partial charge in [-0.25, -0.2) is 4.79 Å². The van der Waals surface area contributed by atoms with Gasteiger partial charge < -0.3 is 15.5 Å². The van der Waals surface area contributed by atoms with E-state index in [9.17, 15) is 9.59 Å². The van der Waals surface area contributed by atoms with Crippen molar-refractivity contribution in [3.05, 3.63) is 47.7 Å². The third-order valence-electron chi connectivity index (χ3n) is 4.03. The fraction of sp³-hybridized carbons (Fsp3) is 0.353. The number of nitrogens with zero attached hydrogens (tertiary/aromatic N) is 3. The third-order valence-corrected chi connectivity index (χ3v) is 4.03. The molecule has 7 nitrogen and oxygen atoms in total. The zero-order valence-electron chi connectivity index (χ0n) is 13.7. The van der Waals surface area contributed by atoms with Gasteiger partial charge in [-0.15, -0.1) is 0 Å². The number of benzene rings is 1. The van der Waals surface area contributed by atoms with E-state index in [4.69, 9.17) is 0 Å². The smallest absolute Gasteiger partial charge is 0.317 e. The second-order valence-corrected chi connectivity index (χ2v) is 5.85. The quantitative estimate of drug-likeness (QED) is 0.893. The average molecular weight is 327 g/mol. The minimum atomic E-state index is -0.169. The fourth-order valence-electron chi connectivity index (χ4n) is 2.75. The van der Waals surface area contributed by atoms with Gasteiger partial charge in [0.15, 0.2) is 5.82 Å². The zero-order chi connectivity index (χ0) is 16.9. The highest BCUT2D eigenvalue weighted by molar-refractivity contribution is 5.90. The molecule has 1 aliphatic heterocycles. The van der Waals surface area contributed by atoms with Gasteiger partial charge in [-0.3, -0.25) is 9.48 Å². The Morgan fingerprint density at radius 3 is 2.75 bits per heavy atom. The van der Waals surface area contributed by atoms with Crippen LogP contribution in [0.3, 0.4) is 0 Å². The van der Waals surface area contributed by atoms with Gasteiger partial charge in [-0.1, -0.05) is 24.3 Å². The summed E-state index contributed by atoms with van der Waals surface area (Å²) in [7, 11) is 1.78. The van der Waals surface area contributed by atoms with E-state index in [0.29, 0.717) is 25.5 Å². The summed E-state index contributed by atoms with van der Waals surface area (Å²) in [4.78, 5) is 25.8. The molecule has 0 aliphatic carbocycles. The first kappa shape index (κ1) is 16.0. The molecule has 126 valence electrons. The monoisotopic (exact) mass is 327 g/mol. The molecule has 0 fully saturated rings. The van der Waals surface area contributed by atoms with Crippen molar-refractivity contribution in [1.29, 1.82) is 0 Å². The molecule has 24 heavy (non-hydrogen) atoms. The molecule has 0 bridgehead atoms. The first-order chi connectivity index (χ1) is 11.6. The second-order valence-electron chi connectivity index (χ2n) is 5.85. The van der Waals surface area contributed by atoms with Crippen LogP contribution in [0.1, 0.15) is 17.5 Å². The van der Waals surface area contributed by atoms with Crippen LogP contribution in [0.4, 0.5) is 10.6 Å². The number of hydrogen-bond donors (Lipinski definition) is 2. The van der Waals surface area contributed by atoms with Crippen LogP contribution in [0.25, 0.3) is 0 Å². The summed E-state index contributed by atoms with van der Waals surface area (Å²) in [6.45, 7) is 1.61. The summed E-state index contributed by atoms with van der Waals surface area (Å²) >= 11 is 0. The van der Waals surface area contributed by atoms with Gasteiger partial charge in [-0.2, -0.15) is 5.10 Å². The summed E-state index contributed by atoms with van der Waals surface area (Å²) in [6.07, 6.45) is 2.84. The largest absolute Gasteiger partial charge is 0.337 e. The van der Waals surface area contributed by atoms with Crippen LogP contribution in [-0.2, 0) is 24.8 Å². The highest BCUT2D eigenvalue weighted by atomic mass is 16.2. The minimum absolute atomic E-state index is 0.130. The topological polar surface area (TPSA) is 79.3 Å². The van der Waals surface area contributed by atoms with E-state index in [2.05, 4.69) is 27.9 Å². The third kappa shape index (κ3) is 3.92. The van der Waals surface area contributed by atoms with Crippen molar-refractivity contribution in [2.45, 2.75) is 19.4 Å². The molecule has 0 spiro atoms. The summed E-state index contributed by atoms with van der Waals surface area (Å²) in [5, 5.41) is 9.58. The van der Waals surface area contributed by atoms with E-state index in [-0.39, 0.29) is 18.4 Å². The molecule has 3 amide bonds. The number of anilines is 1. The normalized spacial score (nSPS) is 13.3. The van der Waals surface area contributed by atoms with E-state index in [1.54, 1.807) is 28.9 Å². The van der Waals surface area contributed by atoms with Gasteiger partial charge in [0, 0.05) is 45.4 Å². The lowest BCUT2D eigenvalue weighted by molar-refractivity contribution is -0.116. The molecule has 0 saturated carbocycles. The van der Waals surface area contributed by atoms with Crippen molar-refractivity contribution in [3.8, 4) is 0 Å². The van der Waals surface area contributed by atoms with Crippen LogP contribution in [0.5, 0.6) is 0 Å². The van der Waals surface area contributed by atoms with Crippen molar-refractivity contribution in [1.82, 2.24) is 20.0 Å². The van der Waals surface area contributed by atoms with Crippen LogP contribution in [-0.4, -0.2) is 39.7 Å². The average Bonchev–Trinajstić information content (AvgIpc) is 2.99. The van der Waals surface area contributed by atoms with Crippen LogP contribution >= 0.6 is 0 Å². The summed E-state index contributed by atoms with van der Waals surface area (Å²) < 4.78 is 1.62. The number of hydrogen-bond acceptors (Lipinski definition) is 3. The number of urea groups is 1. The lowest BCUT2D eigenvalue weighted by atomic mass is 10.0. The molecule has 1 aromatic carbocycles. The second kappa shape index (κ2) is 7.16. The predicted molar refractivity (Wildman–Crippen MR) is 90.4 cm³/mol. The highest BCUT2D eigenvalue weighted by Crippen LogP contribution is 2.18. The van der Waals surface area contributed by atoms with E-state index < -0.39 is 0 Å². The molecule has 0 saturated heterocycles. The van der Waals surface area contributed by atoms with Gasteiger partial charge in [0.2, 0.25) is 5.91 Å². The molecule has 3 rings (SSSR count). The predicted octanol–water partition coefficient (Wildman–Crippen LogP) is 1.52. The Kier molecular flexibility index (Phi) is 4.79. The maximum atomic E-state index is 12.2. The number of amides is 3. The molecular formula is C17H21N5O2. The van der Waals surface area contributed by atoms with Gasteiger partial charge in [-0.05, 0) is 17.5 Å². The SMILES string of the molecule is Cn1ccc(NC(=O)CCNC(=O)N2CCc3ccccc3C2)n1. The molecule has 1 aliphatic rings. The molecular weight excluding hydrogens is 306 g/mol. The van der Waals surface area contributed by atoms with Crippen molar-refractivity contribution in [2.24, 2.45) is 7.05 Å². The number of aryl methyl sites for hydroxylation is 1. The van der Waals surface area contributed by atoms with Crippen molar-refractivity contribution in [2.75, 3.05) is 18.4 Å². The van der Waals surface area contributed by atoms with Gasteiger partial charge in [0.05, 0.1) is 0 Å². The Morgan fingerprint density at radius 1 is 1.21 bits per heavy atom. The van der Waals surface area contributed by atoms with Crippen molar-refractivity contribution in [3.63, 3.8) is 0 Å². The van der Waals surface area contributed by atoms with E-state index >= 15 is 0 Å². The summed E-state index contributed by atoms with van der Waals surface area (Å²) in [5.74, 6) is 0.347. The molecule has 2 N–H and O–H groups in total. The number of carbonyl (C=O) groups excluding carboxylic acids is 2. The Bertz CT molecular complexity index is 740. The fourth-order valence-corrected chi connectivity index (χ4v) is 2.75. The Hall–Kier alpha value is -2.83. The van der Waals surface area contributed by atoms with E-state index in [1.807, 2.05) is 12.1 Å². The van der Waals surface area contributed by atoms with E-state index in [1.165, 1.54) is 11.1 Å². The standard InChI is InChI=1S/C17H21N5O2/c1-21-10-8-15(20-21)19-16(23)6-9-18-17(24)22-11-7-13-4-2-3-5-14(13)12-22/h2-5,8,10H,6-7,9,11-12H2,1H3,(H,18,24)(H,19,20,23). The molecule has 1 aromatic heterocycles. The highest BCUT2D eigenvalue weighted by Gasteiger charge is 2.20. The molecule has 0 unspecified atom stereocenters. The maximum absolute atomic E-state index is 12.2. The molecule has 2 heterocycles. The minimum Gasteiger partial charge on any atom is -0.337 e. The number of fused-ring (bicyclic) bond motifs is 1. The maximum Gasteiger partial charge on any atom is 0.317 e. The molecule has 7 heteroatoms.